The third-order valence-corrected chi connectivity index (χ3v) is 4.43. The predicted molar refractivity (Wildman–Crippen MR) is 105 cm³/mol. The molecular formula is C20H19N3OS. The zero-order chi connectivity index (χ0) is 17.1. The highest BCUT2D eigenvalue weighted by molar-refractivity contribution is 7.71. The second-order valence-corrected chi connectivity index (χ2v) is 6.36. The molecule has 0 unspecified atom stereocenters. The predicted octanol–water partition coefficient (Wildman–Crippen LogP) is 4.55. The van der Waals surface area contributed by atoms with Crippen LogP contribution < -0.4 is 10.1 Å². The van der Waals surface area contributed by atoms with Crippen molar-refractivity contribution in [2.75, 3.05) is 13.2 Å². The van der Waals surface area contributed by atoms with E-state index in [0.717, 1.165) is 29.9 Å². The number of ether oxygens (including phenoxy) is 1. The van der Waals surface area contributed by atoms with E-state index in [1.807, 2.05) is 18.2 Å². The molecule has 0 amide bonds. The molecule has 4 aromatic rings. The molecule has 25 heavy (non-hydrogen) atoms. The third kappa shape index (κ3) is 3.57. The smallest absolute Gasteiger partial charge is 0.175 e. The molecule has 0 radical (unpaired) electrons. The van der Waals surface area contributed by atoms with E-state index in [2.05, 4.69) is 57.7 Å². The first-order valence-corrected chi connectivity index (χ1v) is 8.73. The van der Waals surface area contributed by atoms with Gasteiger partial charge in [0.05, 0.1) is 11.0 Å². The van der Waals surface area contributed by atoms with Gasteiger partial charge in [-0.15, -0.1) is 0 Å². The number of aromatic amines is 2. The first-order valence-electron chi connectivity index (χ1n) is 8.32. The summed E-state index contributed by atoms with van der Waals surface area (Å²) in [5.41, 5.74) is 3.26. The van der Waals surface area contributed by atoms with E-state index in [1.165, 1.54) is 16.3 Å². The lowest BCUT2D eigenvalue weighted by molar-refractivity contribution is 0.314. The second kappa shape index (κ2) is 7.09. The van der Waals surface area contributed by atoms with Gasteiger partial charge < -0.3 is 20.0 Å². The minimum Gasteiger partial charge on any atom is -0.492 e. The summed E-state index contributed by atoms with van der Waals surface area (Å²) in [5.74, 6) is 0.838. The lowest BCUT2D eigenvalue weighted by Crippen LogP contribution is -2.20. The molecule has 0 aliphatic heterocycles. The molecule has 0 saturated carbocycles. The molecule has 3 N–H and O–H groups in total. The maximum Gasteiger partial charge on any atom is 0.175 e. The lowest BCUT2D eigenvalue weighted by atomic mass is 10.0. The molecule has 0 aliphatic rings. The largest absolute Gasteiger partial charge is 0.492 e. The Bertz CT molecular complexity index is 1060. The van der Waals surface area contributed by atoms with Gasteiger partial charge in [-0.1, -0.05) is 42.5 Å². The second-order valence-electron chi connectivity index (χ2n) is 5.95. The van der Waals surface area contributed by atoms with E-state index < -0.39 is 0 Å². The van der Waals surface area contributed by atoms with E-state index in [1.54, 1.807) is 0 Å². The highest BCUT2D eigenvalue weighted by Crippen LogP contribution is 2.19. The fraction of sp³-hybridized carbons (Fsp3) is 0.150. The molecule has 1 aromatic heterocycles. The van der Waals surface area contributed by atoms with Crippen molar-refractivity contribution in [3.8, 4) is 5.75 Å². The fourth-order valence-electron chi connectivity index (χ4n) is 3.01. The first-order chi connectivity index (χ1) is 12.3. The summed E-state index contributed by atoms with van der Waals surface area (Å²) in [4.78, 5) is 6.19. The Hall–Kier alpha value is -2.63. The van der Waals surface area contributed by atoms with Gasteiger partial charge in [-0.05, 0) is 40.7 Å². The van der Waals surface area contributed by atoms with Crippen LogP contribution in [0.4, 0.5) is 0 Å². The quantitative estimate of drug-likeness (QED) is 0.354. The van der Waals surface area contributed by atoms with Gasteiger partial charge in [0.15, 0.2) is 4.77 Å². The van der Waals surface area contributed by atoms with E-state index in [0.29, 0.717) is 11.4 Å². The summed E-state index contributed by atoms with van der Waals surface area (Å²) in [6.45, 7) is 2.22. The zero-order valence-corrected chi connectivity index (χ0v) is 14.5. The molecule has 0 bridgehead atoms. The Labute approximate surface area is 150 Å². The van der Waals surface area contributed by atoms with Crippen LogP contribution >= 0.6 is 12.2 Å². The molecule has 1 heterocycles. The number of imidazole rings is 1. The van der Waals surface area contributed by atoms with Gasteiger partial charge in [0.2, 0.25) is 0 Å². The van der Waals surface area contributed by atoms with Crippen molar-refractivity contribution in [2.45, 2.75) is 6.54 Å². The summed E-state index contributed by atoms with van der Waals surface area (Å²) in [6.07, 6.45) is 0. The average Bonchev–Trinajstić information content (AvgIpc) is 3.01. The minimum absolute atomic E-state index is 0.613. The number of nitrogens with one attached hydrogen (secondary N) is 3. The fourth-order valence-corrected chi connectivity index (χ4v) is 3.23. The molecule has 0 atom stereocenters. The molecule has 4 nitrogen and oxygen atoms in total. The Kier molecular flexibility index (Phi) is 4.50. The summed E-state index contributed by atoms with van der Waals surface area (Å²) in [7, 11) is 0. The monoisotopic (exact) mass is 349 g/mol. The van der Waals surface area contributed by atoms with Crippen LogP contribution in [0.25, 0.3) is 21.8 Å². The van der Waals surface area contributed by atoms with Crippen molar-refractivity contribution in [2.24, 2.45) is 0 Å². The molecule has 126 valence electrons. The van der Waals surface area contributed by atoms with Crippen molar-refractivity contribution in [3.63, 3.8) is 0 Å². The van der Waals surface area contributed by atoms with Crippen molar-refractivity contribution in [1.29, 1.82) is 0 Å². The van der Waals surface area contributed by atoms with Crippen LogP contribution in [0.2, 0.25) is 0 Å². The minimum atomic E-state index is 0.613. The van der Waals surface area contributed by atoms with Crippen LogP contribution in [0.5, 0.6) is 5.75 Å². The van der Waals surface area contributed by atoms with E-state index >= 15 is 0 Å². The summed E-state index contributed by atoms with van der Waals surface area (Å²) in [6, 6.07) is 20.8. The van der Waals surface area contributed by atoms with Crippen LogP contribution in [-0.4, -0.2) is 23.1 Å². The molecular weight excluding hydrogens is 330 g/mol. The number of H-pyrrole nitrogens is 2. The highest BCUT2D eigenvalue weighted by Gasteiger charge is 2.01. The topological polar surface area (TPSA) is 52.8 Å². The molecule has 0 fully saturated rings. The van der Waals surface area contributed by atoms with Crippen LogP contribution in [0.1, 0.15) is 5.56 Å². The van der Waals surface area contributed by atoms with Gasteiger partial charge in [-0.3, -0.25) is 0 Å². The first kappa shape index (κ1) is 15.9. The van der Waals surface area contributed by atoms with Crippen molar-refractivity contribution in [1.82, 2.24) is 15.3 Å². The van der Waals surface area contributed by atoms with Crippen molar-refractivity contribution < 1.29 is 4.74 Å². The molecule has 0 saturated heterocycles. The number of aromatic nitrogens is 2. The van der Waals surface area contributed by atoms with E-state index in [-0.39, 0.29) is 0 Å². The van der Waals surface area contributed by atoms with Crippen LogP contribution in [0, 0.1) is 4.77 Å². The summed E-state index contributed by atoms with van der Waals surface area (Å²) >= 11 is 5.10. The number of hydrogen-bond donors (Lipinski definition) is 3. The average molecular weight is 349 g/mol. The van der Waals surface area contributed by atoms with Gasteiger partial charge in [-0.2, -0.15) is 0 Å². The van der Waals surface area contributed by atoms with Gasteiger partial charge in [0.25, 0.3) is 0 Å². The van der Waals surface area contributed by atoms with Crippen molar-refractivity contribution >= 4 is 34.0 Å². The van der Waals surface area contributed by atoms with Gasteiger partial charge in [0.1, 0.15) is 12.4 Å². The molecule has 3 aromatic carbocycles. The van der Waals surface area contributed by atoms with Gasteiger partial charge in [0, 0.05) is 19.2 Å². The third-order valence-electron chi connectivity index (χ3n) is 4.23. The SMILES string of the molecule is S=c1[nH]c2ccc(OCCNCc3cccc4ccccc34)cc2[nH]1. The van der Waals surface area contributed by atoms with E-state index in [4.69, 9.17) is 17.0 Å². The Balaban J connectivity index is 1.32. The summed E-state index contributed by atoms with van der Waals surface area (Å²) < 4.78 is 6.45. The van der Waals surface area contributed by atoms with Crippen LogP contribution in [0.15, 0.2) is 60.7 Å². The van der Waals surface area contributed by atoms with Crippen molar-refractivity contribution in [3.05, 3.63) is 71.0 Å². The molecule has 5 heteroatoms. The maximum atomic E-state index is 5.82. The Morgan fingerprint density at radius 3 is 2.72 bits per heavy atom. The summed E-state index contributed by atoms with van der Waals surface area (Å²) in [5, 5.41) is 6.02. The van der Waals surface area contributed by atoms with E-state index in [9.17, 15) is 0 Å². The number of benzene rings is 3. The highest BCUT2D eigenvalue weighted by atomic mass is 32.1. The Morgan fingerprint density at radius 2 is 1.76 bits per heavy atom. The number of rotatable bonds is 6. The number of fused-ring (bicyclic) bond motifs is 2. The maximum absolute atomic E-state index is 5.82. The van der Waals surface area contributed by atoms with Gasteiger partial charge >= 0.3 is 0 Å². The zero-order valence-electron chi connectivity index (χ0n) is 13.7. The normalized spacial score (nSPS) is 11.2. The molecule has 0 aliphatic carbocycles. The van der Waals surface area contributed by atoms with Crippen LogP contribution in [-0.2, 0) is 6.54 Å². The standard InChI is InChI=1S/C20H19N3OS/c25-20-22-18-9-8-16(12-19(18)23-20)24-11-10-21-13-15-6-3-5-14-4-1-2-7-17(14)15/h1-9,12,21H,10-11,13H2,(H2,22,23,25). The van der Waals surface area contributed by atoms with Gasteiger partial charge in [-0.25, -0.2) is 0 Å². The molecule has 0 spiro atoms. The Morgan fingerprint density at radius 1 is 0.920 bits per heavy atom. The number of hydrogen-bond acceptors (Lipinski definition) is 3. The van der Waals surface area contributed by atoms with Crippen LogP contribution in [0.3, 0.4) is 0 Å². The lowest BCUT2D eigenvalue weighted by Gasteiger charge is -2.09. The molecule has 4 rings (SSSR count).